The van der Waals surface area contributed by atoms with E-state index in [0.29, 0.717) is 17.0 Å². The van der Waals surface area contributed by atoms with Crippen molar-refractivity contribution in [2.24, 2.45) is 5.10 Å². The van der Waals surface area contributed by atoms with Crippen LogP contribution in [0, 0.1) is 13.8 Å². The molecular weight excluding hydrogens is 320 g/mol. The summed E-state index contributed by atoms with van der Waals surface area (Å²) in [5.74, 6) is 1.12. The van der Waals surface area contributed by atoms with Crippen LogP contribution in [0.2, 0.25) is 0 Å². The second-order valence-electron chi connectivity index (χ2n) is 5.74. The van der Waals surface area contributed by atoms with Crippen LogP contribution in [-0.2, 0) is 10.5 Å². The van der Waals surface area contributed by atoms with Crippen molar-refractivity contribution in [3.8, 4) is 5.75 Å². The van der Waals surface area contributed by atoms with Crippen LogP contribution in [0.25, 0.3) is 0 Å². The van der Waals surface area contributed by atoms with Crippen molar-refractivity contribution in [1.82, 2.24) is 5.43 Å². The van der Waals surface area contributed by atoms with Gasteiger partial charge in [0.15, 0.2) is 0 Å². The third-order valence-electron chi connectivity index (χ3n) is 3.43. The summed E-state index contributed by atoms with van der Waals surface area (Å²) in [7, 11) is 0. The number of aromatic hydroxyl groups is 1. The molecule has 0 atom stereocenters. The minimum atomic E-state index is -0.154. The Labute approximate surface area is 147 Å². The lowest BCUT2D eigenvalue weighted by Crippen LogP contribution is -2.21. The molecule has 2 aromatic rings. The molecule has 5 heteroatoms. The molecule has 24 heavy (non-hydrogen) atoms. The molecule has 0 unspecified atom stereocenters. The zero-order chi connectivity index (χ0) is 17.5. The molecule has 0 saturated heterocycles. The van der Waals surface area contributed by atoms with Gasteiger partial charge < -0.3 is 5.11 Å². The second-order valence-corrected chi connectivity index (χ2v) is 6.72. The molecule has 0 fully saturated rings. The number of amides is 1. The largest absolute Gasteiger partial charge is 0.507 e. The molecule has 0 aliphatic heterocycles. The van der Waals surface area contributed by atoms with E-state index in [1.54, 1.807) is 36.9 Å². The molecule has 0 aliphatic carbocycles. The summed E-state index contributed by atoms with van der Waals surface area (Å²) in [5.41, 5.74) is 7.41. The third-order valence-corrected chi connectivity index (χ3v) is 4.43. The molecule has 0 heterocycles. The number of hydrogen-bond acceptors (Lipinski definition) is 4. The van der Waals surface area contributed by atoms with Gasteiger partial charge in [0.25, 0.3) is 0 Å². The number of benzene rings is 2. The highest BCUT2D eigenvalue weighted by molar-refractivity contribution is 7.99. The molecule has 0 aliphatic rings. The predicted octanol–water partition coefficient (Wildman–Crippen LogP) is 3.78. The average molecular weight is 342 g/mol. The molecular formula is C19H22N2O2S. The number of hydrogen-bond donors (Lipinski definition) is 2. The number of nitrogens with zero attached hydrogens (tertiary/aromatic N) is 1. The van der Waals surface area contributed by atoms with Crippen LogP contribution in [0.15, 0.2) is 47.6 Å². The fourth-order valence-electron chi connectivity index (χ4n) is 2.43. The summed E-state index contributed by atoms with van der Waals surface area (Å²) in [5, 5.41) is 13.8. The van der Waals surface area contributed by atoms with E-state index < -0.39 is 0 Å². The summed E-state index contributed by atoms with van der Waals surface area (Å²) >= 11 is 1.55. The average Bonchev–Trinajstić information content (AvgIpc) is 2.52. The van der Waals surface area contributed by atoms with Gasteiger partial charge in [-0.15, -0.1) is 11.8 Å². The summed E-state index contributed by atoms with van der Waals surface area (Å²) in [6.07, 6.45) is 0. The van der Waals surface area contributed by atoms with Gasteiger partial charge in [-0.3, -0.25) is 4.79 Å². The van der Waals surface area contributed by atoms with Crippen molar-refractivity contribution in [2.45, 2.75) is 26.5 Å². The van der Waals surface area contributed by atoms with Crippen molar-refractivity contribution in [3.05, 3.63) is 64.7 Å². The van der Waals surface area contributed by atoms with Crippen molar-refractivity contribution in [3.63, 3.8) is 0 Å². The van der Waals surface area contributed by atoms with Crippen LogP contribution in [0.3, 0.4) is 0 Å². The molecule has 0 saturated carbocycles. The van der Waals surface area contributed by atoms with E-state index in [2.05, 4.69) is 42.6 Å². The fraction of sp³-hybridized carbons (Fsp3) is 0.263. The van der Waals surface area contributed by atoms with Gasteiger partial charge in [0, 0.05) is 11.3 Å². The van der Waals surface area contributed by atoms with Gasteiger partial charge in [-0.25, -0.2) is 5.43 Å². The van der Waals surface area contributed by atoms with Crippen molar-refractivity contribution in [2.75, 3.05) is 5.75 Å². The quantitative estimate of drug-likeness (QED) is 0.620. The first-order valence-electron chi connectivity index (χ1n) is 7.72. The monoisotopic (exact) mass is 342 g/mol. The van der Waals surface area contributed by atoms with Crippen LogP contribution in [-0.4, -0.2) is 22.5 Å². The van der Waals surface area contributed by atoms with Gasteiger partial charge in [0.1, 0.15) is 5.75 Å². The van der Waals surface area contributed by atoms with E-state index >= 15 is 0 Å². The van der Waals surface area contributed by atoms with E-state index in [9.17, 15) is 9.90 Å². The summed E-state index contributed by atoms with van der Waals surface area (Å²) in [4.78, 5) is 11.9. The highest BCUT2D eigenvalue weighted by Crippen LogP contribution is 2.17. The lowest BCUT2D eigenvalue weighted by molar-refractivity contribution is -0.118. The van der Waals surface area contributed by atoms with Crippen molar-refractivity contribution in [1.29, 1.82) is 0 Å². The highest BCUT2D eigenvalue weighted by atomic mass is 32.2. The van der Waals surface area contributed by atoms with E-state index in [4.69, 9.17) is 0 Å². The Bertz CT molecular complexity index is 737. The molecule has 2 aromatic carbocycles. The van der Waals surface area contributed by atoms with E-state index in [1.165, 1.54) is 16.7 Å². The van der Waals surface area contributed by atoms with E-state index in [-0.39, 0.29) is 11.7 Å². The first-order chi connectivity index (χ1) is 11.5. The van der Waals surface area contributed by atoms with Crippen LogP contribution in [0.5, 0.6) is 5.75 Å². The smallest absolute Gasteiger partial charge is 0.250 e. The standard InChI is InChI=1S/C19H22N2O2S/c1-13-8-14(2)10-16(9-13)11-24-12-19(23)21-20-15(3)17-6-4-5-7-18(17)22/h4-10,22H,11-12H2,1-3H3,(H,21,23). The van der Waals surface area contributed by atoms with Crippen LogP contribution >= 0.6 is 11.8 Å². The number of carbonyl (C=O) groups is 1. The lowest BCUT2D eigenvalue weighted by atomic mass is 10.1. The Balaban J connectivity index is 1.83. The summed E-state index contributed by atoms with van der Waals surface area (Å²) in [6, 6.07) is 13.3. The van der Waals surface area contributed by atoms with E-state index in [0.717, 1.165) is 5.75 Å². The maximum atomic E-state index is 11.9. The first-order valence-corrected chi connectivity index (χ1v) is 8.87. The number of aryl methyl sites for hydroxylation is 2. The minimum absolute atomic E-state index is 0.150. The Morgan fingerprint density at radius 1 is 1.17 bits per heavy atom. The molecule has 0 radical (unpaired) electrons. The highest BCUT2D eigenvalue weighted by Gasteiger charge is 2.05. The molecule has 126 valence electrons. The summed E-state index contributed by atoms with van der Waals surface area (Å²) in [6.45, 7) is 5.90. The molecule has 2 N–H and O–H groups in total. The maximum absolute atomic E-state index is 11.9. The van der Waals surface area contributed by atoms with Crippen molar-refractivity contribution >= 4 is 23.4 Å². The van der Waals surface area contributed by atoms with E-state index in [1.807, 2.05) is 6.07 Å². The zero-order valence-electron chi connectivity index (χ0n) is 14.2. The topological polar surface area (TPSA) is 61.7 Å². The normalized spacial score (nSPS) is 11.4. The van der Waals surface area contributed by atoms with Crippen LogP contribution in [0.4, 0.5) is 0 Å². The van der Waals surface area contributed by atoms with Crippen molar-refractivity contribution < 1.29 is 9.90 Å². The number of phenolic OH excluding ortho intramolecular Hbond substituents is 1. The maximum Gasteiger partial charge on any atom is 0.250 e. The first kappa shape index (κ1) is 18.1. The lowest BCUT2D eigenvalue weighted by Gasteiger charge is -2.06. The predicted molar refractivity (Wildman–Crippen MR) is 101 cm³/mol. The fourth-order valence-corrected chi connectivity index (χ4v) is 3.19. The Morgan fingerprint density at radius 3 is 2.50 bits per heavy atom. The van der Waals surface area contributed by atoms with Gasteiger partial charge in [-0.05, 0) is 38.5 Å². The molecule has 0 bridgehead atoms. The number of thioether (sulfide) groups is 1. The number of hydrazone groups is 1. The van der Waals surface area contributed by atoms with Gasteiger partial charge in [0.05, 0.1) is 11.5 Å². The van der Waals surface area contributed by atoms with Gasteiger partial charge in [-0.1, -0.05) is 41.5 Å². The molecule has 2 rings (SSSR count). The SMILES string of the molecule is CC(=NNC(=O)CSCc1cc(C)cc(C)c1)c1ccccc1O. The Kier molecular flexibility index (Phi) is 6.44. The second kappa shape index (κ2) is 8.55. The summed E-state index contributed by atoms with van der Waals surface area (Å²) < 4.78 is 0. The van der Waals surface area contributed by atoms with Gasteiger partial charge in [0.2, 0.25) is 5.91 Å². The Morgan fingerprint density at radius 2 is 1.83 bits per heavy atom. The molecule has 0 spiro atoms. The number of carbonyl (C=O) groups excluding carboxylic acids is 1. The minimum Gasteiger partial charge on any atom is -0.507 e. The number of para-hydroxylation sites is 1. The number of nitrogens with one attached hydrogen (secondary N) is 1. The van der Waals surface area contributed by atoms with Crippen LogP contribution in [0.1, 0.15) is 29.2 Å². The zero-order valence-corrected chi connectivity index (χ0v) is 15.0. The Hall–Kier alpha value is -2.27. The number of rotatable bonds is 6. The molecule has 1 amide bonds. The molecule has 4 nitrogen and oxygen atoms in total. The van der Waals surface area contributed by atoms with Crippen LogP contribution < -0.4 is 5.43 Å². The number of phenols is 1. The molecule has 0 aromatic heterocycles. The van der Waals surface area contributed by atoms with Gasteiger partial charge >= 0.3 is 0 Å². The van der Waals surface area contributed by atoms with Gasteiger partial charge in [-0.2, -0.15) is 5.10 Å². The third kappa shape index (κ3) is 5.42.